The van der Waals surface area contributed by atoms with E-state index in [1.54, 1.807) is 12.4 Å². The number of carbonyl (C=O) groups excluding carboxylic acids is 2. The minimum Gasteiger partial charge on any atom is -0.348 e. The van der Waals surface area contributed by atoms with Gasteiger partial charge in [-0.2, -0.15) is 0 Å². The molecule has 6 aliphatic rings. The zero-order valence-electron chi connectivity index (χ0n) is 42.1. The van der Waals surface area contributed by atoms with Gasteiger partial charge in [-0.25, -0.2) is 0 Å². The van der Waals surface area contributed by atoms with Gasteiger partial charge in [0.05, 0.1) is 26.4 Å². The van der Waals surface area contributed by atoms with Crippen LogP contribution in [0.4, 0.5) is 0 Å². The van der Waals surface area contributed by atoms with Crippen LogP contribution in [0.3, 0.4) is 0 Å². The summed E-state index contributed by atoms with van der Waals surface area (Å²) in [5.74, 6) is 0.117. The highest BCUT2D eigenvalue weighted by molar-refractivity contribution is 5.99. The number of fused-ring (bicyclic) bond motifs is 6. The van der Waals surface area contributed by atoms with Crippen molar-refractivity contribution in [3.05, 3.63) is 207 Å². The first-order valence-electron chi connectivity index (χ1n) is 26.2. The number of rotatable bonds is 10. The van der Waals surface area contributed by atoms with Crippen LogP contribution in [0, 0.1) is 25.7 Å². The molecule has 0 N–H and O–H groups in total. The molecule has 9 heteroatoms. The number of pyridine rings is 2. The van der Waals surface area contributed by atoms with Gasteiger partial charge in [0.15, 0.2) is 23.1 Å². The van der Waals surface area contributed by atoms with Gasteiger partial charge in [-0.1, -0.05) is 109 Å². The van der Waals surface area contributed by atoms with E-state index in [-0.39, 0.29) is 22.4 Å². The van der Waals surface area contributed by atoms with Crippen LogP contribution in [0.1, 0.15) is 115 Å². The summed E-state index contributed by atoms with van der Waals surface area (Å²) in [6.07, 6.45) is 16.4. The first-order chi connectivity index (χ1) is 35.0. The Labute approximate surface area is 425 Å². The Morgan fingerprint density at radius 3 is 1.71 bits per heavy atom. The smallest absolute Gasteiger partial charge is 0.169 e. The van der Waals surface area contributed by atoms with E-state index in [1.807, 2.05) is 44.2 Å². The number of hydrogen-bond donors (Lipinski definition) is 0. The molecule has 6 aromatic rings. The second-order valence-corrected chi connectivity index (χ2v) is 21.5. The van der Waals surface area contributed by atoms with E-state index in [0.29, 0.717) is 51.1 Å². The molecule has 12 rings (SSSR count). The van der Waals surface area contributed by atoms with Crippen molar-refractivity contribution in [2.24, 2.45) is 11.8 Å². The summed E-state index contributed by atoms with van der Waals surface area (Å²) in [6, 6.07) is 42.3. The normalized spacial score (nSPS) is 24.5. The van der Waals surface area contributed by atoms with E-state index in [4.69, 9.17) is 18.9 Å². The van der Waals surface area contributed by atoms with E-state index in [2.05, 4.69) is 125 Å². The second-order valence-electron chi connectivity index (χ2n) is 21.5. The molecule has 0 bridgehead atoms. The zero-order chi connectivity index (χ0) is 49.3. The standard InChI is InChI=1S/C32H36N2O3.C31H31NO3/c1-23-25(9-6-14-33-23)18-30(35)26-10-11-29-27(17-26)21-34(2)22-28-20-32(36-15-16-37-32)13-12-31(28,29)19-24-7-4-3-5-8-24;1-22-24(8-5-15-32-22)19-29(33)26-10-12-28-25(18-26)9-11-27-21-31(34-16-17-35-31)14-13-30(27,28)20-23-6-3-2-4-7-23/h3-11,14,17,28H,12-13,15-16,18-22H2,1-2H3;2-12,15,18,27H,13-14,16-17,19-21H2,1H3/t28-,31+;27-,30-/m10/s1. The molecule has 3 aliphatic heterocycles. The van der Waals surface area contributed by atoms with Crippen LogP contribution in [-0.4, -0.2) is 78.0 Å². The largest absolute Gasteiger partial charge is 0.348 e. The molecule has 5 heterocycles. The van der Waals surface area contributed by atoms with Crippen LogP contribution >= 0.6 is 0 Å². The van der Waals surface area contributed by atoms with E-state index >= 15 is 0 Å². The molecule has 2 saturated carbocycles. The van der Waals surface area contributed by atoms with Gasteiger partial charge < -0.3 is 23.8 Å². The van der Waals surface area contributed by atoms with Crippen molar-refractivity contribution >= 4 is 17.6 Å². The van der Waals surface area contributed by atoms with Gasteiger partial charge in [-0.15, -0.1) is 0 Å². The molecule has 2 spiro atoms. The monoisotopic (exact) mass is 962 g/mol. The topological polar surface area (TPSA) is 100 Å². The summed E-state index contributed by atoms with van der Waals surface area (Å²) in [6.45, 7) is 8.48. The first-order valence-corrected chi connectivity index (χ1v) is 26.2. The minimum atomic E-state index is -0.440. The predicted octanol–water partition coefficient (Wildman–Crippen LogP) is 11.2. The van der Waals surface area contributed by atoms with Gasteiger partial charge >= 0.3 is 0 Å². The van der Waals surface area contributed by atoms with E-state index in [0.717, 1.165) is 104 Å². The Bertz CT molecular complexity index is 2960. The van der Waals surface area contributed by atoms with Crippen molar-refractivity contribution in [2.45, 2.75) is 107 Å². The van der Waals surface area contributed by atoms with Crippen LogP contribution in [0.25, 0.3) is 6.08 Å². The quantitative estimate of drug-likeness (QED) is 0.124. The minimum absolute atomic E-state index is 0.0243. The molecule has 0 amide bonds. The highest BCUT2D eigenvalue weighted by Gasteiger charge is 2.55. The number of hydrogen-bond acceptors (Lipinski definition) is 9. The molecular formula is C63H67N3O6. The third kappa shape index (κ3) is 9.58. The predicted molar refractivity (Wildman–Crippen MR) is 280 cm³/mol. The van der Waals surface area contributed by atoms with Crippen molar-refractivity contribution in [2.75, 3.05) is 40.0 Å². The van der Waals surface area contributed by atoms with Crippen LogP contribution in [0.15, 0.2) is 140 Å². The number of carbonyl (C=O) groups is 2. The third-order valence-corrected chi connectivity index (χ3v) is 17.1. The van der Waals surface area contributed by atoms with Gasteiger partial charge in [0, 0.05) is 97.4 Å². The Hall–Kier alpha value is -5.94. The number of aromatic nitrogens is 2. The van der Waals surface area contributed by atoms with Gasteiger partial charge in [0.1, 0.15) is 0 Å². The summed E-state index contributed by atoms with van der Waals surface area (Å²) in [7, 11) is 2.20. The molecule has 4 aromatic carbocycles. The van der Waals surface area contributed by atoms with Crippen LogP contribution < -0.4 is 0 Å². The number of benzene rings is 4. The zero-order valence-corrected chi connectivity index (χ0v) is 42.1. The fraction of sp³-hybridized carbons (Fsp3) is 0.397. The summed E-state index contributed by atoms with van der Waals surface area (Å²) in [5.41, 5.74) is 13.2. The number of ketones is 2. The molecule has 9 nitrogen and oxygen atoms in total. The number of nitrogens with zero attached hydrogens (tertiary/aromatic N) is 3. The summed E-state index contributed by atoms with van der Waals surface area (Å²) >= 11 is 0. The fourth-order valence-corrected chi connectivity index (χ4v) is 13.4. The molecule has 4 atom stereocenters. The van der Waals surface area contributed by atoms with E-state index in [9.17, 15) is 9.59 Å². The lowest BCUT2D eigenvalue weighted by molar-refractivity contribution is -0.199. The highest BCUT2D eigenvalue weighted by Crippen LogP contribution is 2.56. The summed E-state index contributed by atoms with van der Waals surface area (Å²) in [4.78, 5) is 37.7. The molecule has 4 fully saturated rings. The Morgan fingerprint density at radius 1 is 0.597 bits per heavy atom. The van der Waals surface area contributed by atoms with Crippen LogP contribution in [-0.2, 0) is 62.0 Å². The van der Waals surface area contributed by atoms with Gasteiger partial charge in [-0.3, -0.25) is 19.6 Å². The molecular weight excluding hydrogens is 895 g/mol. The Balaban J connectivity index is 0.000000156. The molecule has 370 valence electrons. The lowest BCUT2D eigenvalue weighted by atomic mass is 9.56. The molecule has 3 aliphatic carbocycles. The van der Waals surface area contributed by atoms with Gasteiger partial charge in [0.25, 0.3) is 0 Å². The number of allylic oxidation sites excluding steroid dienone is 1. The van der Waals surface area contributed by atoms with Crippen molar-refractivity contribution in [1.29, 1.82) is 0 Å². The lowest BCUT2D eigenvalue weighted by Crippen LogP contribution is -2.51. The van der Waals surface area contributed by atoms with Gasteiger partial charge in [0.2, 0.25) is 0 Å². The summed E-state index contributed by atoms with van der Waals surface area (Å²) < 4.78 is 24.7. The van der Waals surface area contributed by atoms with Gasteiger partial charge in [-0.05, 0) is 127 Å². The SMILES string of the molecule is Cc1ncccc1CC(=O)c1ccc2c(c1)C=C[C@H]1CC3(CC[C@@]21Cc1ccccc1)OCCO3.Cc1ncccc1CC(=O)c1ccc2c(c1)CN(C)C[C@H]1CC3(CC[C@@]21Cc1ccccc1)OCCO3. The van der Waals surface area contributed by atoms with Crippen LogP contribution in [0.2, 0.25) is 0 Å². The average Bonchev–Trinajstić information content (AvgIpc) is 4.04. The maximum absolute atomic E-state index is 13.4. The van der Waals surface area contributed by atoms with E-state index in [1.165, 1.54) is 27.8 Å². The molecule has 2 saturated heterocycles. The average molecular weight is 962 g/mol. The van der Waals surface area contributed by atoms with Crippen molar-refractivity contribution in [3.8, 4) is 0 Å². The van der Waals surface area contributed by atoms with Crippen LogP contribution in [0.5, 0.6) is 0 Å². The third-order valence-electron chi connectivity index (χ3n) is 17.1. The molecule has 2 aromatic heterocycles. The Morgan fingerprint density at radius 2 is 1.12 bits per heavy atom. The van der Waals surface area contributed by atoms with Crippen molar-refractivity contribution in [1.82, 2.24) is 14.9 Å². The molecule has 72 heavy (non-hydrogen) atoms. The fourth-order valence-electron chi connectivity index (χ4n) is 13.4. The van der Waals surface area contributed by atoms with E-state index < -0.39 is 11.6 Å². The maximum atomic E-state index is 13.4. The molecule has 0 radical (unpaired) electrons. The maximum Gasteiger partial charge on any atom is 0.169 e. The molecule has 0 unspecified atom stereocenters. The highest BCUT2D eigenvalue weighted by atomic mass is 16.7. The Kier molecular flexibility index (Phi) is 13.5. The first kappa shape index (κ1) is 48.3. The lowest BCUT2D eigenvalue weighted by Gasteiger charge is -2.51. The number of aryl methyl sites for hydroxylation is 2. The number of ether oxygens (including phenoxy) is 4. The summed E-state index contributed by atoms with van der Waals surface area (Å²) in [5, 5.41) is 0. The van der Waals surface area contributed by atoms with Crippen molar-refractivity contribution in [3.63, 3.8) is 0 Å². The number of Topliss-reactive ketones (excluding diaryl/α,β-unsaturated/α-hetero) is 2. The van der Waals surface area contributed by atoms with Crippen molar-refractivity contribution < 1.29 is 28.5 Å². The second kappa shape index (κ2) is 20.2.